The Kier molecular flexibility index (Phi) is 6.38. The van der Waals surface area contributed by atoms with Gasteiger partial charge in [-0.15, -0.1) is 0 Å². The van der Waals surface area contributed by atoms with E-state index >= 15 is 0 Å². The number of carboxylic acids is 1. The predicted octanol–water partition coefficient (Wildman–Crippen LogP) is 2.89. The first-order valence-corrected chi connectivity index (χ1v) is 11.0. The molecule has 158 valence electrons. The highest BCUT2D eigenvalue weighted by molar-refractivity contribution is 7.89. The summed E-state index contributed by atoms with van der Waals surface area (Å²) >= 11 is 0. The Labute approximate surface area is 176 Å². The summed E-state index contributed by atoms with van der Waals surface area (Å²) in [6.45, 7) is 4.74. The van der Waals surface area contributed by atoms with Gasteiger partial charge in [-0.1, -0.05) is 12.1 Å². The number of rotatable bonds is 6. The number of piperazine rings is 1. The Balaban J connectivity index is 1.72. The van der Waals surface area contributed by atoms with Gasteiger partial charge < -0.3 is 10.0 Å². The maximum absolute atomic E-state index is 13.1. The molecule has 1 aliphatic heterocycles. The standard InChI is InChI=1S/C22H24N2O5S/c1-16(22(26)27)14-18-4-3-5-21(15-18)30(28,29)24-12-10-23(11-13-24)20-8-6-19(7-9-20)17(2)25/h3-9,14-15H,10-13H2,1-2H3,(H,26,27). The number of ketones is 1. The molecular weight excluding hydrogens is 404 g/mol. The molecule has 0 spiro atoms. The smallest absolute Gasteiger partial charge is 0.331 e. The van der Waals surface area contributed by atoms with Crippen molar-refractivity contribution in [3.05, 3.63) is 65.2 Å². The number of carbonyl (C=O) groups excluding carboxylic acids is 1. The van der Waals surface area contributed by atoms with Gasteiger partial charge in [-0.05, 0) is 61.9 Å². The van der Waals surface area contributed by atoms with Crippen LogP contribution >= 0.6 is 0 Å². The Hall–Kier alpha value is -2.97. The third-order valence-electron chi connectivity index (χ3n) is 5.09. The molecule has 0 saturated carbocycles. The molecule has 0 unspecified atom stereocenters. The van der Waals surface area contributed by atoms with Crippen LogP contribution in [-0.4, -0.2) is 55.8 Å². The Morgan fingerprint density at radius 3 is 2.17 bits per heavy atom. The van der Waals surface area contributed by atoms with E-state index in [1.165, 1.54) is 36.4 Å². The molecule has 1 fully saturated rings. The van der Waals surface area contributed by atoms with Gasteiger partial charge in [0.1, 0.15) is 0 Å². The highest BCUT2D eigenvalue weighted by Gasteiger charge is 2.28. The van der Waals surface area contributed by atoms with Gasteiger partial charge in [0.2, 0.25) is 10.0 Å². The second-order valence-corrected chi connectivity index (χ2v) is 9.14. The summed E-state index contributed by atoms with van der Waals surface area (Å²) < 4.78 is 27.6. The molecule has 1 aliphatic rings. The average molecular weight is 429 g/mol. The summed E-state index contributed by atoms with van der Waals surface area (Å²) in [5.41, 5.74) is 2.26. The van der Waals surface area contributed by atoms with Gasteiger partial charge in [0.15, 0.2) is 5.78 Å². The van der Waals surface area contributed by atoms with E-state index in [2.05, 4.69) is 4.90 Å². The number of aliphatic carboxylic acids is 1. The van der Waals surface area contributed by atoms with Crippen LogP contribution < -0.4 is 4.90 Å². The monoisotopic (exact) mass is 428 g/mol. The first kappa shape index (κ1) is 21.7. The number of Topliss-reactive ketones (excluding diaryl/α,β-unsaturated/α-hetero) is 1. The second kappa shape index (κ2) is 8.81. The zero-order valence-electron chi connectivity index (χ0n) is 16.9. The van der Waals surface area contributed by atoms with Crippen LogP contribution in [0.3, 0.4) is 0 Å². The lowest BCUT2D eigenvalue weighted by Gasteiger charge is -2.35. The Morgan fingerprint density at radius 1 is 0.967 bits per heavy atom. The fourth-order valence-electron chi connectivity index (χ4n) is 3.32. The molecule has 0 radical (unpaired) electrons. The van der Waals surface area contributed by atoms with Gasteiger partial charge in [0, 0.05) is 43.0 Å². The average Bonchev–Trinajstić information content (AvgIpc) is 2.74. The van der Waals surface area contributed by atoms with Crippen molar-refractivity contribution in [1.29, 1.82) is 0 Å². The van der Waals surface area contributed by atoms with Crippen LogP contribution in [0.5, 0.6) is 0 Å². The number of sulfonamides is 1. The first-order chi connectivity index (χ1) is 14.2. The number of carbonyl (C=O) groups is 2. The van der Waals surface area contributed by atoms with Gasteiger partial charge in [-0.25, -0.2) is 13.2 Å². The van der Waals surface area contributed by atoms with E-state index < -0.39 is 16.0 Å². The summed E-state index contributed by atoms with van der Waals surface area (Å²) in [4.78, 5) is 24.7. The van der Waals surface area contributed by atoms with Gasteiger partial charge in [0.25, 0.3) is 0 Å². The van der Waals surface area contributed by atoms with Crippen LogP contribution in [0.15, 0.2) is 59.0 Å². The van der Waals surface area contributed by atoms with Gasteiger partial charge in [-0.2, -0.15) is 4.31 Å². The van der Waals surface area contributed by atoms with E-state index in [4.69, 9.17) is 5.11 Å². The van der Waals surface area contributed by atoms with Crippen LogP contribution in [0.2, 0.25) is 0 Å². The number of benzene rings is 2. The minimum Gasteiger partial charge on any atom is -0.478 e. The van der Waals surface area contributed by atoms with Crippen LogP contribution in [0.4, 0.5) is 5.69 Å². The van der Waals surface area contributed by atoms with Crippen molar-refractivity contribution < 1.29 is 23.1 Å². The first-order valence-electron chi connectivity index (χ1n) is 9.56. The number of nitrogens with zero attached hydrogens (tertiary/aromatic N) is 2. The van der Waals surface area contributed by atoms with Crippen LogP contribution in [-0.2, 0) is 14.8 Å². The minimum atomic E-state index is -3.68. The molecule has 0 amide bonds. The lowest BCUT2D eigenvalue weighted by molar-refractivity contribution is -0.132. The number of hydrogen-bond acceptors (Lipinski definition) is 5. The molecule has 8 heteroatoms. The Morgan fingerprint density at radius 2 is 1.60 bits per heavy atom. The molecule has 1 N–H and O–H groups in total. The molecule has 0 aromatic heterocycles. The summed E-state index contributed by atoms with van der Waals surface area (Å²) in [7, 11) is -3.68. The lowest BCUT2D eigenvalue weighted by atomic mass is 10.1. The summed E-state index contributed by atoms with van der Waals surface area (Å²) in [5, 5.41) is 9.02. The fraction of sp³-hybridized carbons (Fsp3) is 0.273. The van der Waals surface area contributed by atoms with Crippen LogP contribution in [0.25, 0.3) is 6.08 Å². The molecule has 0 bridgehead atoms. The summed E-state index contributed by atoms with van der Waals surface area (Å²) in [5.74, 6) is -1.04. The molecule has 30 heavy (non-hydrogen) atoms. The van der Waals surface area contributed by atoms with E-state index in [-0.39, 0.29) is 16.3 Å². The maximum Gasteiger partial charge on any atom is 0.331 e. The zero-order chi connectivity index (χ0) is 21.9. The van der Waals surface area contributed by atoms with Crippen molar-refractivity contribution in [1.82, 2.24) is 4.31 Å². The normalized spacial score (nSPS) is 15.8. The molecule has 1 saturated heterocycles. The molecular formula is C22H24N2O5S. The van der Waals surface area contributed by atoms with E-state index in [9.17, 15) is 18.0 Å². The van der Waals surface area contributed by atoms with E-state index in [1.807, 2.05) is 12.1 Å². The third kappa shape index (κ3) is 4.77. The van der Waals surface area contributed by atoms with E-state index in [1.54, 1.807) is 24.3 Å². The van der Waals surface area contributed by atoms with Crippen LogP contribution in [0, 0.1) is 0 Å². The van der Waals surface area contributed by atoms with E-state index in [0.29, 0.717) is 37.3 Å². The summed E-state index contributed by atoms with van der Waals surface area (Å²) in [6, 6.07) is 13.6. The maximum atomic E-state index is 13.1. The predicted molar refractivity (Wildman–Crippen MR) is 115 cm³/mol. The minimum absolute atomic E-state index is 0.00749. The topological polar surface area (TPSA) is 95.0 Å². The van der Waals surface area contributed by atoms with Gasteiger partial charge >= 0.3 is 5.97 Å². The number of anilines is 1. The number of carboxylic acid groups (broad SMARTS) is 1. The van der Waals surface area contributed by atoms with Crippen LogP contribution in [0.1, 0.15) is 29.8 Å². The van der Waals surface area contributed by atoms with Gasteiger partial charge in [0.05, 0.1) is 4.90 Å². The molecule has 0 aliphatic carbocycles. The van der Waals surface area contributed by atoms with Crippen molar-refractivity contribution in [2.45, 2.75) is 18.7 Å². The third-order valence-corrected chi connectivity index (χ3v) is 6.99. The lowest BCUT2D eigenvalue weighted by Crippen LogP contribution is -2.48. The van der Waals surface area contributed by atoms with Crippen molar-refractivity contribution in [2.24, 2.45) is 0 Å². The van der Waals surface area contributed by atoms with Crippen molar-refractivity contribution in [3.8, 4) is 0 Å². The summed E-state index contributed by atoms with van der Waals surface area (Å²) in [6.07, 6.45) is 1.45. The highest BCUT2D eigenvalue weighted by atomic mass is 32.2. The molecule has 0 atom stereocenters. The van der Waals surface area contributed by atoms with Crippen molar-refractivity contribution in [2.75, 3.05) is 31.1 Å². The highest BCUT2D eigenvalue weighted by Crippen LogP contribution is 2.23. The molecule has 7 nitrogen and oxygen atoms in total. The molecule has 3 rings (SSSR count). The Bertz CT molecular complexity index is 1080. The van der Waals surface area contributed by atoms with Crippen molar-refractivity contribution >= 4 is 33.5 Å². The fourth-order valence-corrected chi connectivity index (χ4v) is 4.80. The second-order valence-electron chi connectivity index (χ2n) is 7.20. The SMILES string of the molecule is CC(=O)c1ccc(N2CCN(S(=O)(=O)c3cccc(C=C(C)C(=O)O)c3)CC2)cc1. The quantitative estimate of drug-likeness (QED) is 0.562. The molecule has 2 aromatic carbocycles. The van der Waals surface area contributed by atoms with Crippen molar-refractivity contribution in [3.63, 3.8) is 0 Å². The zero-order valence-corrected chi connectivity index (χ0v) is 17.7. The number of hydrogen-bond donors (Lipinski definition) is 1. The largest absolute Gasteiger partial charge is 0.478 e. The van der Waals surface area contributed by atoms with Gasteiger partial charge in [-0.3, -0.25) is 4.79 Å². The van der Waals surface area contributed by atoms with E-state index in [0.717, 1.165) is 5.69 Å². The molecule has 1 heterocycles. The molecule has 2 aromatic rings.